The van der Waals surface area contributed by atoms with Gasteiger partial charge in [0.2, 0.25) is 11.8 Å². The Morgan fingerprint density at radius 3 is 1.89 bits per heavy atom. The molecule has 0 aromatic rings. The Hall–Kier alpha value is -1.06. The van der Waals surface area contributed by atoms with E-state index < -0.39 is 0 Å². The zero-order chi connectivity index (χ0) is 13.5. The van der Waals surface area contributed by atoms with E-state index in [-0.39, 0.29) is 17.7 Å². The van der Waals surface area contributed by atoms with Crippen LogP contribution >= 0.6 is 0 Å². The highest BCUT2D eigenvalue weighted by atomic mass is 16.2. The van der Waals surface area contributed by atoms with E-state index in [0.717, 1.165) is 19.3 Å². The first-order valence-electron chi connectivity index (χ1n) is 7.20. The molecule has 0 saturated carbocycles. The lowest BCUT2D eigenvalue weighted by molar-refractivity contribution is -0.142. The molecule has 0 bridgehead atoms. The van der Waals surface area contributed by atoms with E-state index in [2.05, 4.69) is 13.8 Å². The van der Waals surface area contributed by atoms with Crippen LogP contribution in [0.1, 0.15) is 46.5 Å². The van der Waals surface area contributed by atoms with Crippen molar-refractivity contribution in [3.8, 4) is 0 Å². The Kier molecular flexibility index (Phi) is 6.16. The first-order chi connectivity index (χ1) is 8.63. The normalized spacial score (nSPS) is 16.2. The predicted molar refractivity (Wildman–Crippen MR) is 72.1 cm³/mol. The lowest BCUT2D eigenvalue weighted by Crippen LogP contribution is -2.51. The summed E-state index contributed by atoms with van der Waals surface area (Å²) in [4.78, 5) is 27.7. The van der Waals surface area contributed by atoms with Gasteiger partial charge in [0.05, 0.1) is 0 Å². The van der Waals surface area contributed by atoms with Crippen molar-refractivity contribution in [3.63, 3.8) is 0 Å². The van der Waals surface area contributed by atoms with Gasteiger partial charge in [-0.1, -0.05) is 20.8 Å². The molecule has 0 spiro atoms. The van der Waals surface area contributed by atoms with E-state index in [1.165, 1.54) is 0 Å². The van der Waals surface area contributed by atoms with Gasteiger partial charge in [-0.2, -0.15) is 0 Å². The van der Waals surface area contributed by atoms with Crippen molar-refractivity contribution in [2.24, 2.45) is 5.92 Å². The lowest BCUT2D eigenvalue weighted by Gasteiger charge is -2.36. The molecule has 0 atom stereocenters. The molecule has 1 rings (SSSR count). The van der Waals surface area contributed by atoms with Gasteiger partial charge in [-0.15, -0.1) is 0 Å². The minimum atomic E-state index is 0.155. The zero-order valence-corrected chi connectivity index (χ0v) is 11.9. The molecule has 1 aliphatic heterocycles. The molecule has 0 N–H and O–H groups in total. The number of rotatable bonds is 5. The Bertz CT molecular complexity index is 280. The van der Waals surface area contributed by atoms with Crippen molar-refractivity contribution in [3.05, 3.63) is 0 Å². The molecular formula is C14H26N2O2. The maximum absolute atomic E-state index is 12.2. The lowest BCUT2D eigenvalue weighted by atomic mass is 10.0. The number of hydrogen-bond donors (Lipinski definition) is 0. The molecule has 104 valence electrons. The fourth-order valence-corrected chi connectivity index (χ4v) is 2.44. The second kappa shape index (κ2) is 7.39. The molecule has 0 aliphatic carbocycles. The average molecular weight is 254 g/mol. The van der Waals surface area contributed by atoms with Crippen LogP contribution in [0.15, 0.2) is 0 Å². The standard InChI is InChI=1S/C14H26N2O2/c1-4-7-13(17)15-8-10-16(11-9-15)14(18)12(5-2)6-3/h12H,4-11H2,1-3H3. The third-order valence-corrected chi connectivity index (χ3v) is 3.74. The van der Waals surface area contributed by atoms with Crippen LogP contribution in [-0.4, -0.2) is 47.8 Å². The number of piperazine rings is 1. The molecule has 1 saturated heterocycles. The predicted octanol–water partition coefficient (Wildman–Crippen LogP) is 1.89. The number of nitrogens with zero attached hydrogens (tertiary/aromatic N) is 2. The quantitative estimate of drug-likeness (QED) is 0.752. The largest absolute Gasteiger partial charge is 0.339 e. The number of carbonyl (C=O) groups excluding carboxylic acids is 2. The molecule has 0 radical (unpaired) electrons. The van der Waals surface area contributed by atoms with Crippen LogP contribution in [0.5, 0.6) is 0 Å². The van der Waals surface area contributed by atoms with Crippen LogP contribution in [-0.2, 0) is 9.59 Å². The smallest absolute Gasteiger partial charge is 0.225 e. The summed E-state index contributed by atoms with van der Waals surface area (Å²) in [6.07, 6.45) is 3.33. The number of amides is 2. The van der Waals surface area contributed by atoms with E-state index in [1.54, 1.807) is 0 Å². The van der Waals surface area contributed by atoms with Gasteiger partial charge in [0.1, 0.15) is 0 Å². The van der Waals surface area contributed by atoms with Gasteiger partial charge in [0, 0.05) is 38.5 Å². The highest BCUT2D eigenvalue weighted by molar-refractivity contribution is 5.80. The first kappa shape index (κ1) is 15.0. The Labute approximate surface area is 110 Å². The van der Waals surface area contributed by atoms with Crippen molar-refractivity contribution in [1.29, 1.82) is 0 Å². The van der Waals surface area contributed by atoms with Gasteiger partial charge in [-0.25, -0.2) is 0 Å². The third-order valence-electron chi connectivity index (χ3n) is 3.74. The molecule has 0 aromatic carbocycles. The average Bonchev–Trinajstić information content (AvgIpc) is 2.40. The van der Waals surface area contributed by atoms with E-state index in [9.17, 15) is 9.59 Å². The minimum absolute atomic E-state index is 0.155. The maximum Gasteiger partial charge on any atom is 0.225 e. The van der Waals surface area contributed by atoms with Gasteiger partial charge in [0.25, 0.3) is 0 Å². The Morgan fingerprint density at radius 1 is 0.944 bits per heavy atom. The van der Waals surface area contributed by atoms with Gasteiger partial charge < -0.3 is 9.80 Å². The fraction of sp³-hybridized carbons (Fsp3) is 0.857. The molecule has 1 heterocycles. The van der Waals surface area contributed by atoms with E-state index >= 15 is 0 Å². The summed E-state index contributed by atoms with van der Waals surface area (Å²) in [5.41, 5.74) is 0. The van der Waals surface area contributed by atoms with Crippen LogP contribution in [0.4, 0.5) is 0 Å². The highest BCUT2D eigenvalue weighted by Gasteiger charge is 2.26. The zero-order valence-electron chi connectivity index (χ0n) is 11.9. The van der Waals surface area contributed by atoms with Crippen LogP contribution in [0.3, 0.4) is 0 Å². The number of carbonyl (C=O) groups is 2. The fourth-order valence-electron chi connectivity index (χ4n) is 2.44. The topological polar surface area (TPSA) is 40.6 Å². The summed E-state index contributed by atoms with van der Waals surface area (Å²) in [5, 5.41) is 0. The van der Waals surface area contributed by atoms with Gasteiger partial charge in [0.15, 0.2) is 0 Å². The Balaban J connectivity index is 2.43. The number of hydrogen-bond acceptors (Lipinski definition) is 2. The van der Waals surface area contributed by atoms with E-state index in [0.29, 0.717) is 32.6 Å². The maximum atomic E-state index is 12.2. The van der Waals surface area contributed by atoms with Crippen molar-refractivity contribution in [2.45, 2.75) is 46.5 Å². The molecule has 4 heteroatoms. The van der Waals surface area contributed by atoms with Gasteiger partial charge >= 0.3 is 0 Å². The molecular weight excluding hydrogens is 228 g/mol. The summed E-state index contributed by atoms with van der Waals surface area (Å²) in [7, 11) is 0. The summed E-state index contributed by atoms with van der Waals surface area (Å²) in [6, 6.07) is 0. The van der Waals surface area contributed by atoms with Gasteiger partial charge in [-0.3, -0.25) is 9.59 Å². The summed E-state index contributed by atoms with van der Waals surface area (Å²) >= 11 is 0. The molecule has 4 nitrogen and oxygen atoms in total. The highest BCUT2D eigenvalue weighted by Crippen LogP contribution is 2.14. The van der Waals surface area contributed by atoms with Crippen LogP contribution in [0, 0.1) is 5.92 Å². The second-order valence-electron chi connectivity index (χ2n) is 4.97. The third kappa shape index (κ3) is 3.72. The summed E-state index contributed by atoms with van der Waals surface area (Å²) < 4.78 is 0. The van der Waals surface area contributed by atoms with Crippen molar-refractivity contribution >= 4 is 11.8 Å². The van der Waals surface area contributed by atoms with Crippen LogP contribution in [0.25, 0.3) is 0 Å². The monoisotopic (exact) mass is 254 g/mol. The Morgan fingerprint density at radius 2 is 1.44 bits per heavy atom. The van der Waals surface area contributed by atoms with E-state index in [1.807, 2.05) is 16.7 Å². The molecule has 0 unspecified atom stereocenters. The molecule has 1 fully saturated rings. The van der Waals surface area contributed by atoms with Crippen LogP contribution < -0.4 is 0 Å². The van der Waals surface area contributed by atoms with E-state index in [4.69, 9.17) is 0 Å². The second-order valence-corrected chi connectivity index (χ2v) is 4.97. The SMILES string of the molecule is CCCC(=O)N1CCN(C(=O)C(CC)CC)CC1. The molecule has 1 aliphatic rings. The molecule has 0 aromatic heterocycles. The molecule has 18 heavy (non-hydrogen) atoms. The van der Waals surface area contributed by atoms with Crippen molar-refractivity contribution in [2.75, 3.05) is 26.2 Å². The summed E-state index contributed by atoms with van der Waals surface area (Å²) in [5.74, 6) is 0.651. The van der Waals surface area contributed by atoms with Gasteiger partial charge in [-0.05, 0) is 19.3 Å². The molecule has 2 amide bonds. The minimum Gasteiger partial charge on any atom is -0.339 e. The summed E-state index contributed by atoms with van der Waals surface area (Å²) in [6.45, 7) is 8.94. The van der Waals surface area contributed by atoms with Crippen LogP contribution in [0.2, 0.25) is 0 Å². The van der Waals surface area contributed by atoms with Crippen molar-refractivity contribution < 1.29 is 9.59 Å². The van der Waals surface area contributed by atoms with Crippen molar-refractivity contribution in [1.82, 2.24) is 9.80 Å². The first-order valence-corrected chi connectivity index (χ1v) is 7.20.